The van der Waals surface area contributed by atoms with Crippen molar-refractivity contribution in [1.82, 2.24) is 5.32 Å². The molecule has 1 saturated heterocycles. The molecule has 0 aliphatic carbocycles. The number of anilines is 1. The van der Waals surface area contributed by atoms with Crippen LogP contribution in [-0.4, -0.2) is 31.2 Å². The number of hydrogen-bond donors (Lipinski definition) is 2. The number of hydrogen-bond acceptors (Lipinski definition) is 3. The van der Waals surface area contributed by atoms with Crippen LogP contribution in [0.15, 0.2) is 24.3 Å². The van der Waals surface area contributed by atoms with Gasteiger partial charge in [-0.15, -0.1) is 0 Å². The number of rotatable bonds is 4. The van der Waals surface area contributed by atoms with Crippen LogP contribution in [-0.2, 0) is 9.53 Å². The van der Waals surface area contributed by atoms with Gasteiger partial charge in [0, 0.05) is 22.9 Å². The lowest BCUT2D eigenvalue weighted by Gasteiger charge is -2.23. The minimum atomic E-state index is -0.0860. The molecule has 1 aliphatic rings. The molecule has 98 valence electrons. The predicted octanol–water partition coefficient (Wildman–Crippen LogP) is 2.05. The number of benzene rings is 1. The highest BCUT2D eigenvalue weighted by Gasteiger charge is 2.29. The van der Waals surface area contributed by atoms with Crippen LogP contribution in [0, 0.1) is 0 Å². The fourth-order valence-electron chi connectivity index (χ4n) is 1.84. The third-order valence-electron chi connectivity index (χ3n) is 3.02. The minimum Gasteiger partial charge on any atom is -0.379 e. The lowest BCUT2D eigenvalue weighted by Crippen LogP contribution is -2.46. The first-order chi connectivity index (χ1) is 8.57. The second-order valence-electron chi connectivity index (χ2n) is 4.77. The molecule has 1 aliphatic heterocycles. The Morgan fingerprint density at radius 1 is 1.44 bits per heavy atom. The highest BCUT2D eigenvalue weighted by Crippen LogP contribution is 2.17. The number of carbonyl (C=O) groups is 1. The fraction of sp³-hybridized carbons (Fsp3) is 0.462. The van der Waals surface area contributed by atoms with Gasteiger partial charge in [-0.2, -0.15) is 0 Å². The van der Waals surface area contributed by atoms with E-state index in [2.05, 4.69) is 17.6 Å². The van der Waals surface area contributed by atoms with E-state index in [1.165, 1.54) is 0 Å². The van der Waals surface area contributed by atoms with Crippen LogP contribution in [0.4, 0.5) is 5.69 Å². The third-order valence-corrected chi connectivity index (χ3v) is 3.27. The van der Waals surface area contributed by atoms with Gasteiger partial charge in [0.1, 0.15) is 0 Å². The van der Waals surface area contributed by atoms with Crippen molar-refractivity contribution in [3.63, 3.8) is 0 Å². The van der Waals surface area contributed by atoms with Crippen molar-refractivity contribution in [2.75, 3.05) is 25.1 Å². The van der Waals surface area contributed by atoms with Gasteiger partial charge in [-0.25, -0.2) is 0 Å². The molecular weight excluding hydrogens is 252 g/mol. The number of nitrogens with one attached hydrogen (secondary N) is 2. The van der Waals surface area contributed by atoms with Crippen LogP contribution in [0.25, 0.3) is 0 Å². The van der Waals surface area contributed by atoms with Gasteiger partial charge in [0.25, 0.3) is 0 Å². The summed E-state index contributed by atoms with van der Waals surface area (Å²) < 4.78 is 5.31. The average Bonchev–Trinajstić information content (AvgIpc) is 2.78. The Balaban J connectivity index is 1.80. The van der Waals surface area contributed by atoms with Crippen molar-refractivity contribution in [3.8, 4) is 0 Å². The highest BCUT2D eigenvalue weighted by atomic mass is 35.5. The van der Waals surface area contributed by atoms with E-state index in [-0.39, 0.29) is 18.0 Å². The SMILES string of the molecule is CC1(NCC(=O)Nc2ccc(Cl)cc2)CCOC1. The summed E-state index contributed by atoms with van der Waals surface area (Å²) in [7, 11) is 0. The first kappa shape index (κ1) is 13.3. The van der Waals surface area contributed by atoms with Crippen LogP contribution >= 0.6 is 11.6 Å². The van der Waals surface area contributed by atoms with E-state index in [1.807, 2.05) is 0 Å². The van der Waals surface area contributed by atoms with E-state index in [9.17, 15) is 4.79 Å². The second-order valence-corrected chi connectivity index (χ2v) is 5.21. The van der Waals surface area contributed by atoms with Gasteiger partial charge in [0.2, 0.25) is 5.91 Å². The van der Waals surface area contributed by atoms with E-state index in [0.717, 1.165) is 18.7 Å². The maximum Gasteiger partial charge on any atom is 0.238 e. The summed E-state index contributed by atoms with van der Waals surface area (Å²) in [5.74, 6) is -0.0644. The lowest BCUT2D eigenvalue weighted by atomic mass is 10.0. The standard InChI is InChI=1S/C13H17ClN2O2/c1-13(6-7-18-9-13)15-8-12(17)16-11-4-2-10(14)3-5-11/h2-5,15H,6-9H2,1H3,(H,16,17). The summed E-state index contributed by atoms with van der Waals surface area (Å²) in [6, 6.07) is 7.05. The molecule has 2 N–H and O–H groups in total. The topological polar surface area (TPSA) is 50.4 Å². The van der Waals surface area contributed by atoms with Gasteiger partial charge >= 0.3 is 0 Å². The fourth-order valence-corrected chi connectivity index (χ4v) is 1.96. The zero-order chi connectivity index (χ0) is 13.0. The summed E-state index contributed by atoms with van der Waals surface area (Å²) >= 11 is 5.77. The molecular formula is C13H17ClN2O2. The predicted molar refractivity (Wildman–Crippen MR) is 71.9 cm³/mol. The normalized spacial score (nSPS) is 23.0. The smallest absolute Gasteiger partial charge is 0.238 e. The van der Waals surface area contributed by atoms with E-state index in [1.54, 1.807) is 24.3 Å². The maximum absolute atomic E-state index is 11.7. The number of ether oxygens (including phenoxy) is 1. The van der Waals surface area contributed by atoms with Crippen molar-refractivity contribution in [1.29, 1.82) is 0 Å². The number of amides is 1. The molecule has 4 nitrogen and oxygen atoms in total. The Hall–Kier alpha value is -1.10. The van der Waals surface area contributed by atoms with E-state index < -0.39 is 0 Å². The van der Waals surface area contributed by atoms with Crippen LogP contribution in [0.2, 0.25) is 5.02 Å². The summed E-state index contributed by atoms with van der Waals surface area (Å²) in [5.41, 5.74) is 0.663. The summed E-state index contributed by atoms with van der Waals surface area (Å²) in [6.45, 7) is 3.75. The van der Waals surface area contributed by atoms with E-state index in [0.29, 0.717) is 11.6 Å². The first-order valence-electron chi connectivity index (χ1n) is 5.96. The van der Waals surface area contributed by atoms with Crippen LogP contribution in [0.3, 0.4) is 0 Å². The van der Waals surface area contributed by atoms with E-state index >= 15 is 0 Å². The molecule has 1 unspecified atom stereocenters. The van der Waals surface area contributed by atoms with Crippen molar-refractivity contribution < 1.29 is 9.53 Å². The van der Waals surface area contributed by atoms with Crippen LogP contribution in [0.1, 0.15) is 13.3 Å². The molecule has 2 rings (SSSR count). The zero-order valence-corrected chi connectivity index (χ0v) is 11.1. The molecule has 5 heteroatoms. The maximum atomic E-state index is 11.7. The first-order valence-corrected chi connectivity index (χ1v) is 6.33. The van der Waals surface area contributed by atoms with Gasteiger partial charge in [-0.05, 0) is 37.6 Å². The van der Waals surface area contributed by atoms with Gasteiger partial charge < -0.3 is 15.4 Å². The second kappa shape index (κ2) is 5.69. The molecule has 1 aromatic rings. The quantitative estimate of drug-likeness (QED) is 0.879. The molecule has 0 bridgehead atoms. The highest BCUT2D eigenvalue weighted by molar-refractivity contribution is 6.30. The molecule has 0 aromatic heterocycles. The van der Waals surface area contributed by atoms with Crippen molar-refractivity contribution >= 4 is 23.2 Å². The van der Waals surface area contributed by atoms with Crippen molar-refractivity contribution in [2.45, 2.75) is 18.9 Å². The Bertz CT molecular complexity index is 414. The molecule has 0 saturated carbocycles. The molecule has 18 heavy (non-hydrogen) atoms. The Kier molecular flexibility index (Phi) is 4.22. The minimum absolute atomic E-state index is 0.0644. The zero-order valence-electron chi connectivity index (χ0n) is 10.3. The molecule has 1 heterocycles. The third kappa shape index (κ3) is 3.70. The van der Waals surface area contributed by atoms with Gasteiger partial charge in [0.05, 0.1) is 13.2 Å². The average molecular weight is 269 g/mol. The molecule has 1 aromatic carbocycles. The number of carbonyl (C=O) groups excluding carboxylic acids is 1. The molecule has 0 spiro atoms. The Morgan fingerprint density at radius 3 is 2.78 bits per heavy atom. The molecule has 0 radical (unpaired) electrons. The summed E-state index contributed by atoms with van der Waals surface area (Å²) in [5, 5.41) is 6.69. The Morgan fingerprint density at radius 2 is 2.17 bits per heavy atom. The molecule has 1 atom stereocenters. The van der Waals surface area contributed by atoms with Crippen LogP contribution in [0.5, 0.6) is 0 Å². The molecule has 1 amide bonds. The Labute approximate surface area is 112 Å². The largest absolute Gasteiger partial charge is 0.379 e. The van der Waals surface area contributed by atoms with Crippen LogP contribution < -0.4 is 10.6 Å². The summed E-state index contributed by atoms with van der Waals surface area (Å²) in [6.07, 6.45) is 0.932. The van der Waals surface area contributed by atoms with Crippen molar-refractivity contribution in [3.05, 3.63) is 29.3 Å². The number of halogens is 1. The molecule has 1 fully saturated rings. The van der Waals surface area contributed by atoms with Crippen molar-refractivity contribution in [2.24, 2.45) is 0 Å². The monoisotopic (exact) mass is 268 g/mol. The van der Waals surface area contributed by atoms with Gasteiger partial charge in [0.15, 0.2) is 0 Å². The van der Waals surface area contributed by atoms with Gasteiger partial charge in [-0.3, -0.25) is 4.79 Å². The lowest BCUT2D eigenvalue weighted by molar-refractivity contribution is -0.115. The summed E-state index contributed by atoms with van der Waals surface area (Å²) in [4.78, 5) is 11.7. The van der Waals surface area contributed by atoms with E-state index in [4.69, 9.17) is 16.3 Å². The van der Waals surface area contributed by atoms with Gasteiger partial charge in [-0.1, -0.05) is 11.6 Å².